The zero-order valence-electron chi connectivity index (χ0n) is 15.0. The fraction of sp³-hybridized carbons (Fsp3) is 0.450. The first-order chi connectivity index (χ1) is 12.6. The molecule has 26 heavy (non-hydrogen) atoms. The number of amides is 1. The van der Waals surface area contributed by atoms with Gasteiger partial charge in [-0.3, -0.25) is 4.79 Å². The van der Waals surface area contributed by atoms with Crippen LogP contribution in [0.4, 0.5) is 0 Å². The number of carbonyl (C=O) groups excluding carboxylic acids is 1. The van der Waals surface area contributed by atoms with Crippen LogP contribution in [0.2, 0.25) is 0 Å². The summed E-state index contributed by atoms with van der Waals surface area (Å²) in [5.41, 5.74) is 1.94. The highest BCUT2D eigenvalue weighted by molar-refractivity contribution is 5.98. The Bertz CT molecular complexity index is 995. The van der Waals surface area contributed by atoms with Crippen molar-refractivity contribution in [2.24, 2.45) is 5.41 Å². The number of para-hydroxylation sites is 1. The number of nitrogens with zero attached hydrogens (tertiary/aromatic N) is 3. The molecule has 134 valence electrons. The minimum atomic E-state index is -0.000570. The molecule has 1 aromatic carbocycles. The number of piperidine rings is 1. The molecule has 0 radical (unpaired) electrons. The van der Waals surface area contributed by atoms with Crippen LogP contribution in [-0.2, 0) is 0 Å². The van der Waals surface area contributed by atoms with Crippen LogP contribution in [0.1, 0.15) is 53.1 Å². The molecule has 1 amide bonds. The average molecular weight is 351 g/mol. The van der Waals surface area contributed by atoms with Crippen LogP contribution in [-0.4, -0.2) is 34.1 Å². The van der Waals surface area contributed by atoms with E-state index in [1.54, 1.807) is 0 Å². The van der Waals surface area contributed by atoms with Crippen molar-refractivity contribution < 1.29 is 13.6 Å². The van der Waals surface area contributed by atoms with Crippen molar-refractivity contribution in [3.8, 4) is 0 Å². The van der Waals surface area contributed by atoms with E-state index in [0.29, 0.717) is 17.6 Å². The second-order valence-electron chi connectivity index (χ2n) is 7.62. The molecule has 3 aromatic rings. The summed E-state index contributed by atoms with van der Waals surface area (Å²) in [4.78, 5) is 14.9. The second kappa shape index (κ2) is 5.43. The molecule has 1 aliphatic carbocycles. The smallest absolute Gasteiger partial charge is 0.289 e. The molecule has 2 aromatic heterocycles. The van der Waals surface area contributed by atoms with Crippen molar-refractivity contribution in [1.29, 1.82) is 0 Å². The van der Waals surface area contributed by atoms with Gasteiger partial charge in [0.15, 0.2) is 5.76 Å². The van der Waals surface area contributed by atoms with Crippen molar-refractivity contribution in [1.82, 2.24) is 15.1 Å². The van der Waals surface area contributed by atoms with Gasteiger partial charge in [-0.05, 0) is 37.7 Å². The van der Waals surface area contributed by atoms with Gasteiger partial charge in [0.05, 0.1) is 0 Å². The summed E-state index contributed by atoms with van der Waals surface area (Å²) in [6.07, 6.45) is 3.04. The van der Waals surface area contributed by atoms with Crippen molar-refractivity contribution in [2.75, 3.05) is 13.1 Å². The molecule has 5 rings (SSSR count). The summed E-state index contributed by atoms with van der Waals surface area (Å²) in [6.45, 7) is 5.28. The summed E-state index contributed by atoms with van der Waals surface area (Å²) in [6, 6.07) is 7.80. The van der Waals surface area contributed by atoms with Gasteiger partial charge in [-0.2, -0.15) is 0 Å². The highest BCUT2D eigenvalue weighted by Gasteiger charge is 2.58. The summed E-state index contributed by atoms with van der Waals surface area (Å²) < 4.78 is 11.5. The van der Waals surface area contributed by atoms with Gasteiger partial charge in [0.2, 0.25) is 11.8 Å². The number of carbonyl (C=O) groups is 1. The van der Waals surface area contributed by atoms with E-state index in [4.69, 9.17) is 8.83 Å². The Morgan fingerprint density at radius 1 is 1.15 bits per heavy atom. The van der Waals surface area contributed by atoms with Crippen LogP contribution >= 0.6 is 0 Å². The molecule has 0 N–H and O–H groups in total. The Hall–Kier alpha value is -2.63. The Balaban J connectivity index is 1.31. The lowest BCUT2D eigenvalue weighted by atomic mass is 9.90. The maximum absolute atomic E-state index is 13.0. The lowest BCUT2D eigenvalue weighted by Gasteiger charge is -2.32. The fourth-order valence-corrected chi connectivity index (χ4v) is 4.38. The Kier molecular flexibility index (Phi) is 3.26. The van der Waals surface area contributed by atoms with E-state index in [-0.39, 0.29) is 11.3 Å². The summed E-state index contributed by atoms with van der Waals surface area (Å²) in [5, 5.41) is 9.14. The maximum atomic E-state index is 13.0. The van der Waals surface area contributed by atoms with Gasteiger partial charge in [-0.25, -0.2) is 0 Å². The highest BCUT2D eigenvalue weighted by atomic mass is 16.4. The van der Waals surface area contributed by atoms with E-state index >= 15 is 0 Å². The van der Waals surface area contributed by atoms with E-state index in [1.165, 1.54) is 0 Å². The minimum Gasteiger partial charge on any atom is -0.451 e. The van der Waals surface area contributed by atoms with E-state index in [2.05, 4.69) is 10.2 Å². The molecule has 1 atom stereocenters. The number of fused-ring (bicyclic) bond motifs is 1. The van der Waals surface area contributed by atoms with E-state index in [0.717, 1.165) is 54.8 Å². The third-order valence-electron chi connectivity index (χ3n) is 6.11. The molecule has 2 fully saturated rings. The van der Waals surface area contributed by atoms with E-state index in [1.807, 2.05) is 43.0 Å². The summed E-state index contributed by atoms with van der Waals surface area (Å²) >= 11 is 0. The Morgan fingerprint density at radius 3 is 2.62 bits per heavy atom. The summed E-state index contributed by atoms with van der Waals surface area (Å²) in [5.74, 6) is 2.21. The number of hydrogen-bond acceptors (Lipinski definition) is 5. The predicted octanol–water partition coefficient (Wildman–Crippen LogP) is 3.84. The molecule has 1 aliphatic heterocycles. The average Bonchev–Trinajstić information content (AvgIpc) is 2.99. The standard InChI is InChI=1S/C20H21N3O3/c1-12-14-5-3-4-6-16(14)26-17(12)19(24)23-9-7-20(8-10-23)11-15(20)18-22-21-13(2)25-18/h3-6,15H,7-11H2,1-2H3. The van der Waals surface area contributed by atoms with Gasteiger partial charge in [0.1, 0.15) is 5.58 Å². The molecular weight excluding hydrogens is 330 g/mol. The lowest BCUT2D eigenvalue weighted by Crippen LogP contribution is -2.39. The van der Waals surface area contributed by atoms with Crippen molar-refractivity contribution in [3.63, 3.8) is 0 Å². The monoisotopic (exact) mass is 351 g/mol. The van der Waals surface area contributed by atoms with Crippen LogP contribution in [0.15, 0.2) is 33.1 Å². The zero-order valence-corrected chi connectivity index (χ0v) is 15.0. The minimum absolute atomic E-state index is 0.000570. The third-order valence-corrected chi connectivity index (χ3v) is 6.11. The molecule has 6 nitrogen and oxygen atoms in total. The highest BCUT2D eigenvalue weighted by Crippen LogP contribution is 2.64. The second-order valence-corrected chi connectivity index (χ2v) is 7.62. The van der Waals surface area contributed by atoms with Crippen molar-refractivity contribution >= 4 is 16.9 Å². The van der Waals surface area contributed by atoms with Crippen LogP contribution < -0.4 is 0 Å². The normalized spacial score (nSPS) is 21.5. The fourth-order valence-electron chi connectivity index (χ4n) is 4.38. The number of benzene rings is 1. The van der Waals surface area contributed by atoms with Crippen molar-refractivity contribution in [3.05, 3.63) is 47.4 Å². The van der Waals surface area contributed by atoms with Crippen molar-refractivity contribution in [2.45, 2.75) is 39.0 Å². The molecule has 1 spiro atoms. The first-order valence-corrected chi connectivity index (χ1v) is 9.15. The first-order valence-electron chi connectivity index (χ1n) is 9.15. The van der Waals surface area contributed by atoms with Crippen LogP contribution in [0.25, 0.3) is 11.0 Å². The Labute approximate surface area is 151 Å². The Morgan fingerprint density at radius 2 is 1.92 bits per heavy atom. The quantitative estimate of drug-likeness (QED) is 0.701. The predicted molar refractivity (Wildman–Crippen MR) is 94.9 cm³/mol. The molecule has 0 bridgehead atoms. The van der Waals surface area contributed by atoms with Gasteiger partial charge < -0.3 is 13.7 Å². The molecular formula is C20H21N3O3. The van der Waals surface area contributed by atoms with E-state index < -0.39 is 0 Å². The number of furan rings is 1. The zero-order chi connectivity index (χ0) is 17.9. The topological polar surface area (TPSA) is 72.4 Å². The van der Waals surface area contributed by atoms with Crippen LogP contribution in [0.5, 0.6) is 0 Å². The molecule has 1 saturated carbocycles. The van der Waals surface area contributed by atoms with Crippen LogP contribution in [0.3, 0.4) is 0 Å². The van der Waals surface area contributed by atoms with Gasteiger partial charge >= 0.3 is 0 Å². The largest absolute Gasteiger partial charge is 0.451 e. The van der Waals surface area contributed by atoms with Gasteiger partial charge in [0.25, 0.3) is 5.91 Å². The number of aromatic nitrogens is 2. The van der Waals surface area contributed by atoms with Crippen LogP contribution in [0, 0.1) is 19.3 Å². The van der Waals surface area contributed by atoms with E-state index in [9.17, 15) is 4.79 Å². The third kappa shape index (κ3) is 2.28. The molecule has 3 heterocycles. The first kappa shape index (κ1) is 15.6. The maximum Gasteiger partial charge on any atom is 0.289 e. The van der Waals surface area contributed by atoms with Gasteiger partial charge in [-0.15, -0.1) is 10.2 Å². The number of hydrogen-bond donors (Lipinski definition) is 0. The molecule has 2 aliphatic rings. The number of rotatable bonds is 2. The number of likely N-dealkylation sites (tertiary alicyclic amines) is 1. The SMILES string of the molecule is Cc1nnc(C2CC23CCN(C(=O)c2oc4ccccc4c2C)CC3)o1. The van der Waals surface area contributed by atoms with Gasteiger partial charge in [-0.1, -0.05) is 18.2 Å². The number of aryl methyl sites for hydroxylation is 2. The molecule has 6 heteroatoms. The molecule has 1 unspecified atom stereocenters. The van der Waals surface area contributed by atoms with Gasteiger partial charge in [0, 0.05) is 36.9 Å². The summed E-state index contributed by atoms with van der Waals surface area (Å²) in [7, 11) is 0. The lowest BCUT2D eigenvalue weighted by molar-refractivity contribution is 0.0642. The molecule has 1 saturated heterocycles.